The van der Waals surface area contributed by atoms with Crippen molar-refractivity contribution in [3.8, 4) is 39.4 Å². The first-order chi connectivity index (χ1) is 31.7. The molecule has 0 fully saturated rings. The van der Waals surface area contributed by atoms with Crippen molar-refractivity contribution in [2.75, 3.05) is 4.90 Å². The van der Waals surface area contributed by atoms with E-state index in [1.807, 2.05) is 0 Å². The summed E-state index contributed by atoms with van der Waals surface area (Å²) in [6.45, 7) is 0. The van der Waals surface area contributed by atoms with E-state index in [2.05, 4.69) is 251 Å². The molecule has 2 atom stereocenters. The minimum Gasteiger partial charge on any atom is -0.485 e. The topological polar surface area (TPSA) is 22.3 Å². The van der Waals surface area contributed by atoms with Crippen molar-refractivity contribution >= 4 is 60.7 Å². The van der Waals surface area contributed by atoms with Gasteiger partial charge in [-0.3, -0.25) is 0 Å². The fourth-order valence-corrected chi connectivity index (χ4v) is 10.2. The summed E-state index contributed by atoms with van der Waals surface area (Å²) in [5.41, 5.74) is 16.3. The molecule has 0 radical (unpaired) electrons. The van der Waals surface area contributed by atoms with Crippen LogP contribution in [0.5, 0.6) is 5.75 Å². The molecule has 2 aliphatic rings. The molecular weight excluding hydrogens is 779 g/mol. The Labute approximate surface area is 371 Å². The normalized spacial score (nSPS) is 15.2. The number of aromatic nitrogens is 2. The van der Waals surface area contributed by atoms with Crippen LogP contribution >= 0.6 is 0 Å². The van der Waals surface area contributed by atoms with Crippen LogP contribution < -0.4 is 9.64 Å². The van der Waals surface area contributed by atoms with Gasteiger partial charge < -0.3 is 18.8 Å². The summed E-state index contributed by atoms with van der Waals surface area (Å²) >= 11 is 0. The Balaban J connectivity index is 0.888. The van der Waals surface area contributed by atoms with Crippen LogP contribution in [0.3, 0.4) is 0 Å². The summed E-state index contributed by atoms with van der Waals surface area (Å²) in [7, 11) is 0. The molecule has 0 saturated carbocycles. The predicted octanol–water partition coefficient (Wildman–Crippen LogP) is 15.7. The number of para-hydroxylation sites is 4. The zero-order chi connectivity index (χ0) is 42.1. The summed E-state index contributed by atoms with van der Waals surface area (Å²) in [5.74, 6) is 1.23. The maximum Gasteiger partial charge on any atom is 0.128 e. The van der Waals surface area contributed by atoms with Gasteiger partial charge in [-0.1, -0.05) is 127 Å². The molecule has 64 heavy (non-hydrogen) atoms. The number of benzene rings is 9. The second-order valence-electron chi connectivity index (χ2n) is 16.9. The Morgan fingerprint density at radius 1 is 0.359 bits per heavy atom. The summed E-state index contributed by atoms with van der Waals surface area (Å²) in [5, 5.41) is 5.01. The molecule has 11 aromatic rings. The molecule has 13 rings (SSSR count). The van der Waals surface area contributed by atoms with Crippen LogP contribution in [0.15, 0.2) is 237 Å². The standard InChI is InChI=1S/C60H41N3O/c1-2-12-44(13-3-1)62-57-20-10-6-16-51(57)53-38-42(26-36-58(53)62)40-22-28-45(29-23-40)61(46-30-24-41(25-31-46)43-27-37-60-54(39-43)52-17-7-11-21-59(52)64-60)47-32-34-48(35-33-47)63-55-18-8-4-14-49(55)50-15-5-9-19-56(50)63/h1-39,52,59H. The van der Waals surface area contributed by atoms with Gasteiger partial charge in [0.1, 0.15) is 11.9 Å². The predicted molar refractivity (Wildman–Crippen MR) is 266 cm³/mol. The summed E-state index contributed by atoms with van der Waals surface area (Å²) in [6, 6.07) is 77.2. The fourth-order valence-electron chi connectivity index (χ4n) is 10.2. The second kappa shape index (κ2) is 14.6. The Morgan fingerprint density at radius 3 is 1.42 bits per heavy atom. The van der Waals surface area contributed by atoms with E-state index in [-0.39, 0.29) is 12.0 Å². The van der Waals surface area contributed by atoms with Crippen molar-refractivity contribution in [3.63, 3.8) is 0 Å². The molecule has 302 valence electrons. The SMILES string of the molecule is C1=CC2Oc3ccc(-c4ccc(N(c5ccc(-c6ccc7c(c6)c6ccccc6n7-c6ccccc6)cc5)c5ccc(-n6c7ccccc7c7ccccc76)cc5)cc4)cc3C2C=C1. The van der Waals surface area contributed by atoms with Crippen molar-refractivity contribution in [3.05, 3.63) is 242 Å². The second-order valence-corrected chi connectivity index (χ2v) is 16.9. The molecule has 9 aromatic carbocycles. The highest BCUT2D eigenvalue weighted by molar-refractivity contribution is 6.11. The van der Waals surface area contributed by atoms with Crippen molar-refractivity contribution in [2.24, 2.45) is 0 Å². The minimum atomic E-state index is 0.0725. The van der Waals surface area contributed by atoms with Gasteiger partial charge >= 0.3 is 0 Å². The number of hydrogen-bond donors (Lipinski definition) is 0. The van der Waals surface area contributed by atoms with E-state index in [1.54, 1.807) is 0 Å². The lowest BCUT2D eigenvalue weighted by Crippen LogP contribution is -2.15. The van der Waals surface area contributed by atoms with Gasteiger partial charge in [0.05, 0.1) is 22.1 Å². The number of ether oxygens (including phenoxy) is 1. The maximum absolute atomic E-state index is 6.27. The van der Waals surface area contributed by atoms with E-state index in [0.717, 1.165) is 34.2 Å². The Hall–Kier alpha value is -8.34. The lowest BCUT2D eigenvalue weighted by molar-refractivity contribution is 0.269. The van der Waals surface area contributed by atoms with E-state index in [0.29, 0.717) is 0 Å². The number of fused-ring (bicyclic) bond motifs is 9. The van der Waals surface area contributed by atoms with Crippen LogP contribution in [0.4, 0.5) is 17.1 Å². The van der Waals surface area contributed by atoms with Crippen molar-refractivity contribution < 1.29 is 4.74 Å². The van der Waals surface area contributed by atoms with Gasteiger partial charge in [-0.2, -0.15) is 0 Å². The van der Waals surface area contributed by atoms with Gasteiger partial charge in [0.25, 0.3) is 0 Å². The third-order valence-corrected chi connectivity index (χ3v) is 13.3. The fraction of sp³-hybridized carbons (Fsp3) is 0.0333. The number of anilines is 3. The average Bonchev–Trinajstić information content (AvgIpc) is 4.02. The summed E-state index contributed by atoms with van der Waals surface area (Å²) < 4.78 is 11.0. The quantitative estimate of drug-likeness (QED) is 0.160. The number of rotatable bonds is 7. The largest absolute Gasteiger partial charge is 0.485 e. The molecule has 0 amide bonds. The van der Waals surface area contributed by atoms with Crippen LogP contribution in [-0.2, 0) is 0 Å². The van der Waals surface area contributed by atoms with Gasteiger partial charge in [0.2, 0.25) is 0 Å². The lowest BCUT2D eigenvalue weighted by Gasteiger charge is -2.26. The van der Waals surface area contributed by atoms with Gasteiger partial charge in [-0.05, 0) is 131 Å². The van der Waals surface area contributed by atoms with Crippen LogP contribution in [0.2, 0.25) is 0 Å². The third-order valence-electron chi connectivity index (χ3n) is 13.3. The molecule has 0 bridgehead atoms. The average molecular weight is 820 g/mol. The van der Waals surface area contributed by atoms with E-state index < -0.39 is 0 Å². The van der Waals surface area contributed by atoms with E-state index in [4.69, 9.17) is 4.74 Å². The zero-order valence-corrected chi connectivity index (χ0v) is 34.9. The van der Waals surface area contributed by atoms with E-state index >= 15 is 0 Å². The number of hydrogen-bond acceptors (Lipinski definition) is 2. The maximum atomic E-state index is 6.27. The Morgan fingerprint density at radius 2 is 0.812 bits per heavy atom. The highest BCUT2D eigenvalue weighted by atomic mass is 16.5. The molecule has 0 N–H and O–H groups in total. The molecule has 3 heterocycles. The molecule has 2 unspecified atom stereocenters. The van der Waals surface area contributed by atoms with Crippen molar-refractivity contribution in [2.45, 2.75) is 12.0 Å². The Kier molecular flexibility index (Phi) is 8.31. The molecule has 0 saturated heterocycles. The highest BCUT2D eigenvalue weighted by Gasteiger charge is 2.32. The third kappa shape index (κ3) is 5.84. The van der Waals surface area contributed by atoms with E-state index in [1.165, 1.54) is 71.4 Å². The molecule has 0 spiro atoms. The summed E-state index contributed by atoms with van der Waals surface area (Å²) in [6.07, 6.45) is 8.68. The van der Waals surface area contributed by atoms with Gasteiger partial charge in [-0.25, -0.2) is 0 Å². The zero-order valence-electron chi connectivity index (χ0n) is 34.9. The smallest absolute Gasteiger partial charge is 0.128 e. The minimum absolute atomic E-state index is 0.0725. The molecule has 4 nitrogen and oxygen atoms in total. The summed E-state index contributed by atoms with van der Waals surface area (Å²) in [4.78, 5) is 2.36. The van der Waals surface area contributed by atoms with Crippen LogP contribution in [0.1, 0.15) is 11.5 Å². The van der Waals surface area contributed by atoms with Crippen LogP contribution in [0, 0.1) is 0 Å². The van der Waals surface area contributed by atoms with Crippen molar-refractivity contribution in [1.82, 2.24) is 9.13 Å². The van der Waals surface area contributed by atoms with E-state index in [9.17, 15) is 0 Å². The molecule has 2 aromatic heterocycles. The molecule has 4 heteroatoms. The molecule has 1 aliphatic heterocycles. The molecule has 1 aliphatic carbocycles. The van der Waals surface area contributed by atoms with Gasteiger partial charge in [-0.15, -0.1) is 0 Å². The highest BCUT2D eigenvalue weighted by Crippen LogP contribution is 2.44. The number of allylic oxidation sites excluding steroid dienone is 2. The first-order valence-corrected chi connectivity index (χ1v) is 22.1. The van der Waals surface area contributed by atoms with Crippen LogP contribution in [-0.4, -0.2) is 15.2 Å². The van der Waals surface area contributed by atoms with Gasteiger partial charge in [0, 0.05) is 61.5 Å². The van der Waals surface area contributed by atoms with Gasteiger partial charge in [0.15, 0.2) is 0 Å². The first-order valence-electron chi connectivity index (χ1n) is 22.1. The number of nitrogens with zero attached hydrogens (tertiary/aromatic N) is 3. The lowest BCUT2D eigenvalue weighted by atomic mass is 9.90. The Bertz CT molecular complexity index is 3580. The first kappa shape index (κ1) is 36.3. The van der Waals surface area contributed by atoms with Crippen molar-refractivity contribution in [1.29, 1.82) is 0 Å². The van der Waals surface area contributed by atoms with Crippen LogP contribution in [0.25, 0.3) is 77.2 Å². The monoisotopic (exact) mass is 819 g/mol. The molecular formula is C60H41N3O.